The molecule has 4 rings (SSSR count). The summed E-state index contributed by atoms with van der Waals surface area (Å²) in [5.41, 5.74) is 2.54. The zero-order valence-corrected chi connectivity index (χ0v) is 19.0. The molecule has 0 amide bonds. The average molecular weight is 474 g/mol. The number of halogens is 2. The Bertz CT molecular complexity index is 1180. The summed E-state index contributed by atoms with van der Waals surface area (Å²) >= 11 is 12.3. The van der Waals surface area contributed by atoms with Crippen molar-refractivity contribution < 1.29 is 14.3 Å². The van der Waals surface area contributed by atoms with Gasteiger partial charge in [0.15, 0.2) is 0 Å². The Morgan fingerprint density at radius 3 is 2.81 bits per heavy atom. The lowest BCUT2D eigenvalue weighted by atomic mass is 9.95. The highest BCUT2D eigenvalue weighted by Gasteiger charge is 2.36. The molecule has 10 heteroatoms. The first kappa shape index (κ1) is 22.1. The van der Waals surface area contributed by atoms with Gasteiger partial charge in [-0.25, -0.2) is 4.79 Å². The fraction of sp³-hybridized carbons (Fsp3) is 0.273. The molecule has 3 aromatic rings. The minimum atomic E-state index is -0.623. The number of fused-ring (bicyclic) bond motifs is 1. The number of aromatic nitrogens is 4. The fourth-order valence-electron chi connectivity index (χ4n) is 3.47. The molecule has 8 nitrogen and oxygen atoms in total. The van der Waals surface area contributed by atoms with Crippen LogP contribution in [0.25, 0.3) is 0 Å². The van der Waals surface area contributed by atoms with E-state index in [0.29, 0.717) is 46.0 Å². The van der Waals surface area contributed by atoms with Gasteiger partial charge in [-0.05, 0) is 42.0 Å². The molecule has 1 atom stereocenters. The van der Waals surface area contributed by atoms with Gasteiger partial charge in [-0.2, -0.15) is 4.68 Å². The molecule has 0 radical (unpaired) electrons. The smallest absolute Gasteiger partial charge is 0.338 e. The molecule has 0 saturated heterocycles. The fourth-order valence-corrected chi connectivity index (χ4v) is 3.93. The van der Waals surface area contributed by atoms with E-state index in [-0.39, 0.29) is 6.61 Å². The van der Waals surface area contributed by atoms with Gasteiger partial charge in [0.05, 0.1) is 12.2 Å². The van der Waals surface area contributed by atoms with Crippen LogP contribution in [0.2, 0.25) is 10.0 Å². The Labute approximate surface area is 195 Å². The maximum absolute atomic E-state index is 13.0. The molecule has 32 heavy (non-hydrogen) atoms. The van der Waals surface area contributed by atoms with Crippen molar-refractivity contribution in [1.82, 2.24) is 20.2 Å². The van der Waals surface area contributed by atoms with Gasteiger partial charge in [0.1, 0.15) is 18.4 Å². The summed E-state index contributed by atoms with van der Waals surface area (Å²) in [6.45, 7) is 4.27. The van der Waals surface area contributed by atoms with E-state index in [2.05, 4.69) is 20.8 Å². The molecule has 1 aliphatic heterocycles. The zero-order chi connectivity index (χ0) is 22.7. The number of rotatable bonds is 7. The van der Waals surface area contributed by atoms with E-state index in [1.54, 1.807) is 23.7 Å². The van der Waals surface area contributed by atoms with Crippen LogP contribution < -0.4 is 10.1 Å². The standard InChI is InChI=1S/C22H21Cl2N5O3/c1-3-10-31-21(30)19-13(2)25-22-26-27-28-29(22)20(19)16-6-4-5-7-18(16)32-12-14-8-9-15(23)11-17(14)24/h4-9,11,20H,3,10,12H2,1-2H3,(H,25,26,28). The Balaban J connectivity index is 1.72. The highest BCUT2D eigenvalue weighted by molar-refractivity contribution is 6.35. The third-order valence-corrected chi connectivity index (χ3v) is 5.57. The van der Waals surface area contributed by atoms with Crippen molar-refractivity contribution in [1.29, 1.82) is 0 Å². The van der Waals surface area contributed by atoms with Crippen LogP contribution in [0.5, 0.6) is 5.75 Å². The number of anilines is 1. The molecule has 1 aromatic heterocycles. The predicted molar refractivity (Wildman–Crippen MR) is 121 cm³/mol. The van der Waals surface area contributed by atoms with Gasteiger partial charge in [0.25, 0.3) is 0 Å². The lowest BCUT2D eigenvalue weighted by Gasteiger charge is -2.28. The van der Waals surface area contributed by atoms with E-state index < -0.39 is 12.0 Å². The van der Waals surface area contributed by atoms with E-state index in [9.17, 15) is 4.79 Å². The summed E-state index contributed by atoms with van der Waals surface area (Å²) < 4.78 is 13.1. The number of hydrogen-bond acceptors (Lipinski definition) is 7. The quantitative estimate of drug-likeness (QED) is 0.492. The van der Waals surface area contributed by atoms with Crippen LogP contribution in [0.3, 0.4) is 0 Å². The van der Waals surface area contributed by atoms with Crippen molar-refractivity contribution in [2.45, 2.75) is 32.9 Å². The van der Waals surface area contributed by atoms with Crippen molar-refractivity contribution in [3.8, 4) is 5.75 Å². The van der Waals surface area contributed by atoms with Crippen LogP contribution in [-0.4, -0.2) is 32.8 Å². The lowest BCUT2D eigenvalue weighted by molar-refractivity contribution is -0.139. The van der Waals surface area contributed by atoms with Crippen molar-refractivity contribution in [3.63, 3.8) is 0 Å². The SMILES string of the molecule is CCCOC(=O)C1=C(C)Nc2nnnn2C1c1ccccc1OCc1ccc(Cl)cc1Cl. The molecule has 0 saturated carbocycles. The molecule has 166 valence electrons. The molecular formula is C22H21Cl2N5O3. The first-order valence-corrected chi connectivity index (χ1v) is 10.8. The van der Waals surface area contributed by atoms with Crippen molar-refractivity contribution in [2.75, 3.05) is 11.9 Å². The molecule has 1 N–H and O–H groups in total. The zero-order valence-electron chi connectivity index (χ0n) is 17.5. The monoisotopic (exact) mass is 473 g/mol. The summed E-state index contributed by atoms with van der Waals surface area (Å²) in [4.78, 5) is 13.0. The number of benzene rings is 2. The summed E-state index contributed by atoms with van der Waals surface area (Å²) in [5.74, 6) is 0.564. The van der Waals surface area contributed by atoms with Crippen LogP contribution in [0.1, 0.15) is 37.4 Å². The number of allylic oxidation sites excluding steroid dienone is 1. The van der Waals surface area contributed by atoms with Gasteiger partial charge in [0.2, 0.25) is 5.95 Å². The van der Waals surface area contributed by atoms with E-state index >= 15 is 0 Å². The molecule has 1 aliphatic rings. The maximum Gasteiger partial charge on any atom is 0.338 e. The molecule has 0 aliphatic carbocycles. The van der Waals surface area contributed by atoms with Crippen LogP contribution in [0.4, 0.5) is 5.95 Å². The van der Waals surface area contributed by atoms with Crippen LogP contribution in [0.15, 0.2) is 53.7 Å². The number of carbonyl (C=O) groups excluding carboxylic acids is 1. The number of nitrogens with zero attached hydrogens (tertiary/aromatic N) is 4. The Hall–Kier alpha value is -3.10. The van der Waals surface area contributed by atoms with E-state index in [0.717, 1.165) is 11.1 Å². The second-order valence-corrected chi connectivity index (χ2v) is 8.06. The van der Waals surface area contributed by atoms with Crippen molar-refractivity contribution >= 4 is 35.1 Å². The molecule has 1 unspecified atom stereocenters. The van der Waals surface area contributed by atoms with E-state index in [1.165, 1.54) is 0 Å². The summed E-state index contributed by atoms with van der Waals surface area (Å²) in [7, 11) is 0. The summed E-state index contributed by atoms with van der Waals surface area (Å²) in [6.07, 6.45) is 0.716. The Kier molecular flexibility index (Phi) is 6.62. The molecule has 0 bridgehead atoms. The van der Waals surface area contributed by atoms with Crippen LogP contribution in [-0.2, 0) is 16.1 Å². The first-order valence-electron chi connectivity index (χ1n) is 10.1. The Morgan fingerprint density at radius 1 is 1.22 bits per heavy atom. The van der Waals surface area contributed by atoms with Gasteiger partial charge in [-0.3, -0.25) is 0 Å². The van der Waals surface area contributed by atoms with Gasteiger partial charge in [0, 0.05) is 26.9 Å². The third kappa shape index (κ3) is 4.42. The number of ether oxygens (including phenoxy) is 2. The number of carbonyl (C=O) groups is 1. The van der Waals surface area contributed by atoms with Crippen LogP contribution >= 0.6 is 23.2 Å². The average Bonchev–Trinajstić information content (AvgIpc) is 3.24. The topological polar surface area (TPSA) is 91.2 Å². The normalized spacial score (nSPS) is 15.2. The van der Waals surface area contributed by atoms with Crippen molar-refractivity contribution in [2.24, 2.45) is 0 Å². The van der Waals surface area contributed by atoms with Gasteiger partial charge >= 0.3 is 5.97 Å². The number of esters is 1. The molecule has 2 heterocycles. The minimum absolute atomic E-state index is 0.221. The van der Waals surface area contributed by atoms with Gasteiger partial charge in [-0.1, -0.05) is 59.5 Å². The van der Waals surface area contributed by atoms with E-state index in [4.69, 9.17) is 32.7 Å². The van der Waals surface area contributed by atoms with Gasteiger partial charge < -0.3 is 14.8 Å². The first-order chi connectivity index (χ1) is 15.5. The molecule has 0 fully saturated rings. The minimum Gasteiger partial charge on any atom is -0.488 e. The number of hydrogen-bond donors (Lipinski definition) is 1. The van der Waals surface area contributed by atoms with Crippen molar-refractivity contribution in [3.05, 3.63) is 74.9 Å². The molecule has 0 spiro atoms. The highest BCUT2D eigenvalue weighted by Crippen LogP contribution is 2.39. The number of para-hydroxylation sites is 1. The Morgan fingerprint density at radius 2 is 2.03 bits per heavy atom. The molecular weight excluding hydrogens is 453 g/mol. The number of nitrogens with one attached hydrogen (secondary N) is 1. The molecule has 2 aromatic carbocycles. The predicted octanol–water partition coefficient (Wildman–Crippen LogP) is 4.80. The maximum atomic E-state index is 13.0. The second kappa shape index (κ2) is 9.58. The summed E-state index contributed by atoms with van der Waals surface area (Å²) in [6, 6.07) is 12.0. The largest absolute Gasteiger partial charge is 0.488 e. The van der Waals surface area contributed by atoms with Gasteiger partial charge in [-0.15, -0.1) is 0 Å². The second-order valence-electron chi connectivity index (χ2n) is 7.21. The van der Waals surface area contributed by atoms with Crippen LogP contribution in [0, 0.1) is 0 Å². The third-order valence-electron chi connectivity index (χ3n) is 4.98. The van der Waals surface area contributed by atoms with E-state index in [1.807, 2.05) is 37.3 Å². The summed E-state index contributed by atoms with van der Waals surface area (Å²) in [5, 5.41) is 16.0. The number of tetrazole rings is 1. The lowest BCUT2D eigenvalue weighted by Crippen LogP contribution is -2.30. The highest BCUT2D eigenvalue weighted by atomic mass is 35.5.